The fraction of sp³-hybridized carbons (Fsp3) is 0.286. The average Bonchev–Trinajstić information content (AvgIpc) is 3.25. The highest BCUT2D eigenvalue weighted by atomic mass is 32.2. The van der Waals surface area contributed by atoms with E-state index < -0.39 is 20.0 Å². The maximum absolute atomic E-state index is 12.6. The van der Waals surface area contributed by atoms with Crippen molar-refractivity contribution in [1.29, 1.82) is 0 Å². The molecule has 0 aliphatic carbocycles. The molecule has 1 aliphatic heterocycles. The van der Waals surface area contributed by atoms with Gasteiger partial charge in [-0.15, -0.1) is 5.10 Å². The van der Waals surface area contributed by atoms with E-state index in [0.29, 0.717) is 12.2 Å². The van der Waals surface area contributed by atoms with Gasteiger partial charge in [-0.2, -0.15) is 19.3 Å². The van der Waals surface area contributed by atoms with Crippen LogP contribution >= 0.6 is 0 Å². The lowest BCUT2D eigenvalue weighted by atomic mass is 10.2. The Morgan fingerprint density at radius 1 is 1.00 bits per heavy atom. The van der Waals surface area contributed by atoms with Crippen molar-refractivity contribution in [3.63, 3.8) is 0 Å². The Hall–Kier alpha value is -2.68. The molecule has 1 aliphatic rings. The highest BCUT2D eigenvalue weighted by Crippen LogP contribution is 2.28. The second kappa shape index (κ2) is 6.73. The summed E-state index contributed by atoms with van der Waals surface area (Å²) < 4.78 is 50.8. The number of benzene rings is 1. The van der Waals surface area contributed by atoms with Gasteiger partial charge >= 0.3 is 0 Å². The molecule has 3 heterocycles. The maximum Gasteiger partial charge on any atom is 0.243 e. The average molecular weight is 424 g/mol. The minimum atomic E-state index is -3.88. The first-order chi connectivity index (χ1) is 13.2. The molecule has 14 heteroatoms. The predicted molar refractivity (Wildman–Crippen MR) is 94.8 cm³/mol. The van der Waals surface area contributed by atoms with Crippen molar-refractivity contribution in [1.82, 2.24) is 34.3 Å². The van der Waals surface area contributed by atoms with Crippen molar-refractivity contribution in [2.75, 3.05) is 13.1 Å². The largest absolute Gasteiger partial charge is 0.246 e. The van der Waals surface area contributed by atoms with Crippen molar-refractivity contribution in [3.05, 3.63) is 48.5 Å². The van der Waals surface area contributed by atoms with E-state index in [-0.39, 0.29) is 28.9 Å². The Morgan fingerprint density at radius 2 is 1.61 bits per heavy atom. The van der Waals surface area contributed by atoms with Crippen molar-refractivity contribution in [2.24, 2.45) is 5.14 Å². The van der Waals surface area contributed by atoms with Crippen molar-refractivity contribution in [3.8, 4) is 0 Å². The minimum absolute atomic E-state index is 0.00221. The van der Waals surface area contributed by atoms with Crippen LogP contribution in [-0.4, -0.2) is 64.2 Å². The summed E-state index contributed by atoms with van der Waals surface area (Å²) in [5, 5.41) is 21.1. The van der Waals surface area contributed by atoms with Gasteiger partial charge in [0.05, 0.1) is 34.4 Å². The lowest BCUT2D eigenvalue weighted by Crippen LogP contribution is -2.50. The SMILES string of the molecule is NS(=O)(=O)c1ccc(S(=O)(=O)N2CC(n3cc(Cn4nccn4)nn3)C2)cc1. The number of rotatable bonds is 6. The van der Waals surface area contributed by atoms with Gasteiger partial charge in [-0.3, -0.25) is 0 Å². The van der Waals surface area contributed by atoms with Gasteiger partial charge in [0, 0.05) is 13.1 Å². The van der Waals surface area contributed by atoms with Crippen LogP contribution in [0.4, 0.5) is 0 Å². The molecule has 1 aromatic carbocycles. The quantitative estimate of drug-likeness (QED) is 0.517. The van der Waals surface area contributed by atoms with E-state index in [9.17, 15) is 16.8 Å². The summed E-state index contributed by atoms with van der Waals surface area (Å²) >= 11 is 0. The molecule has 0 bridgehead atoms. The Kier molecular flexibility index (Phi) is 4.49. The summed E-state index contributed by atoms with van der Waals surface area (Å²) in [4.78, 5) is 1.33. The second-order valence-corrected chi connectivity index (χ2v) is 9.74. The number of primary sulfonamides is 1. The molecule has 12 nitrogen and oxygen atoms in total. The van der Waals surface area contributed by atoms with Gasteiger partial charge in [0.1, 0.15) is 12.2 Å². The molecule has 0 unspecified atom stereocenters. The van der Waals surface area contributed by atoms with Crippen LogP contribution in [0, 0.1) is 0 Å². The molecule has 28 heavy (non-hydrogen) atoms. The first-order valence-corrected chi connectivity index (χ1v) is 11.1. The van der Waals surface area contributed by atoms with E-state index in [1.165, 1.54) is 33.4 Å². The smallest absolute Gasteiger partial charge is 0.243 e. The molecule has 4 rings (SSSR count). The summed E-state index contributed by atoms with van der Waals surface area (Å²) in [6.07, 6.45) is 4.86. The van der Waals surface area contributed by atoms with E-state index in [2.05, 4.69) is 20.5 Å². The number of nitrogens with two attached hydrogens (primary N) is 1. The Morgan fingerprint density at radius 3 is 2.21 bits per heavy atom. The monoisotopic (exact) mass is 424 g/mol. The van der Waals surface area contributed by atoms with Crippen LogP contribution in [0.15, 0.2) is 52.6 Å². The molecule has 0 saturated carbocycles. The molecule has 1 fully saturated rings. The molecular formula is C14H16N8O4S2. The van der Waals surface area contributed by atoms with Gasteiger partial charge in [-0.1, -0.05) is 5.21 Å². The lowest BCUT2D eigenvalue weighted by Gasteiger charge is -2.37. The zero-order valence-electron chi connectivity index (χ0n) is 14.4. The summed E-state index contributed by atoms with van der Waals surface area (Å²) in [5.41, 5.74) is 0.663. The third-order valence-corrected chi connectivity index (χ3v) is 7.10. The first-order valence-electron chi connectivity index (χ1n) is 8.11. The van der Waals surface area contributed by atoms with Gasteiger partial charge in [-0.05, 0) is 24.3 Å². The van der Waals surface area contributed by atoms with Crippen molar-refractivity contribution < 1.29 is 16.8 Å². The molecule has 3 aromatic rings. The van der Waals surface area contributed by atoms with Crippen LogP contribution in [0.2, 0.25) is 0 Å². The van der Waals surface area contributed by atoms with Crippen molar-refractivity contribution in [2.45, 2.75) is 22.4 Å². The fourth-order valence-electron chi connectivity index (χ4n) is 2.76. The molecule has 0 atom stereocenters. The summed E-state index contributed by atoms with van der Waals surface area (Å²) in [6.45, 7) is 0.850. The number of hydrogen-bond acceptors (Lipinski definition) is 8. The number of hydrogen-bond donors (Lipinski definition) is 1. The molecule has 2 aromatic heterocycles. The van der Waals surface area contributed by atoms with E-state index in [1.807, 2.05) is 0 Å². The molecule has 148 valence electrons. The molecule has 0 amide bonds. The predicted octanol–water partition coefficient (Wildman–Crippen LogP) is -1.19. The molecule has 1 saturated heterocycles. The van der Waals surface area contributed by atoms with E-state index in [4.69, 9.17) is 5.14 Å². The third-order valence-electron chi connectivity index (χ3n) is 4.32. The van der Waals surface area contributed by atoms with E-state index in [1.54, 1.807) is 23.3 Å². The molecule has 0 radical (unpaired) electrons. The normalized spacial score (nSPS) is 16.2. The number of sulfonamides is 2. The molecular weight excluding hydrogens is 408 g/mol. The van der Waals surface area contributed by atoms with Crippen molar-refractivity contribution >= 4 is 20.0 Å². The summed E-state index contributed by atoms with van der Waals surface area (Å²) in [6, 6.07) is 4.67. The van der Waals surface area contributed by atoms with Gasteiger partial charge in [0.2, 0.25) is 20.0 Å². The van der Waals surface area contributed by atoms with Gasteiger partial charge in [0.15, 0.2) is 0 Å². The van der Waals surface area contributed by atoms with Gasteiger partial charge < -0.3 is 0 Å². The highest BCUT2D eigenvalue weighted by Gasteiger charge is 2.38. The maximum atomic E-state index is 12.6. The Labute approximate surface area is 160 Å². The third kappa shape index (κ3) is 3.54. The second-order valence-electron chi connectivity index (χ2n) is 6.24. The topological polar surface area (TPSA) is 159 Å². The first kappa shape index (κ1) is 18.7. The highest BCUT2D eigenvalue weighted by molar-refractivity contribution is 7.89. The summed E-state index contributed by atoms with van der Waals surface area (Å²) in [5.74, 6) is 0. The van der Waals surface area contributed by atoms with Crippen LogP contribution in [-0.2, 0) is 26.6 Å². The Balaban J connectivity index is 1.42. The molecule has 2 N–H and O–H groups in total. The van der Waals surface area contributed by atoms with Gasteiger partial charge in [-0.25, -0.2) is 26.7 Å². The number of nitrogens with zero attached hydrogens (tertiary/aromatic N) is 7. The zero-order chi connectivity index (χ0) is 19.9. The van der Waals surface area contributed by atoms with E-state index in [0.717, 1.165) is 0 Å². The van der Waals surface area contributed by atoms with E-state index >= 15 is 0 Å². The van der Waals surface area contributed by atoms with Crippen LogP contribution in [0.5, 0.6) is 0 Å². The van der Waals surface area contributed by atoms with Crippen LogP contribution in [0.25, 0.3) is 0 Å². The fourth-order valence-corrected chi connectivity index (χ4v) is 4.80. The van der Waals surface area contributed by atoms with Crippen LogP contribution in [0.1, 0.15) is 11.7 Å². The van der Waals surface area contributed by atoms with Crippen LogP contribution < -0.4 is 5.14 Å². The standard InChI is InChI=1S/C14H16N8O4S2/c15-27(23,24)13-1-3-14(4-2-13)28(25,26)20-9-12(10-20)21-7-11(18-19-21)8-22-16-5-6-17-22/h1-7,12H,8-10H2,(H2,15,23,24). The Bertz CT molecular complexity index is 1180. The number of aromatic nitrogens is 6. The minimum Gasteiger partial charge on any atom is -0.246 e. The van der Waals surface area contributed by atoms with Gasteiger partial charge in [0.25, 0.3) is 0 Å². The zero-order valence-corrected chi connectivity index (χ0v) is 16.0. The van der Waals surface area contributed by atoms with Crippen LogP contribution in [0.3, 0.4) is 0 Å². The lowest BCUT2D eigenvalue weighted by molar-refractivity contribution is 0.189. The summed E-state index contributed by atoms with van der Waals surface area (Å²) in [7, 11) is -7.60. The molecule has 0 spiro atoms.